The van der Waals surface area contributed by atoms with Crippen molar-refractivity contribution in [1.29, 1.82) is 0 Å². The number of piperazine rings is 1. The zero-order chi connectivity index (χ0) is 23.5. The smallest absolute Gasteiger partial charge is 0.255 e. The average Bonchev–Trinajstić information content (AvgIpc) is 2.89. The van der Waals surface area contributed by atoms with Crippen molar-refractivity contribution >= 4 is 22.5 Å². The predicted molar refractivity (Wildman–Crippen MR) is 138 cm³/mol. The fourth-order valence-corrected chi connectivity index (χ4v) is 4.76. The van der Waals surface area contributed by atoms with Crippen molar-refractivity contribution in [3.05, 3.63) is 90.0 Å². The number of anilines is 1. The van der Waals surface area contributed by atoms with Crippen LogP contribution in [0.2, 0.25) is 0 Å². The zero-order valence-electron chi connectivity index (χ0n) is 19.7. The van der Waals surface area contributed by atoms with E-state index in [-0.39, 0.29) is 5.91 Å². The van der Waals surface area contributed by atoms with Gasteiger partial charge < -0.3 is 14.5 Å². The SMILES string of the molecule is CCOc1ccccc1N1CCN(C(=O)c2c(C)c(-c3ccccc3)nc3ccccc23)CC1. The molecule has 3 aromatic carbocycles. The van der Waals surface area contributed by atoms with Crippen LogP contribution in [0.4, 0.5) is 5.69 Å². The largest absolute Gasteiger partial charge is 0.492 e. The molecule has 1 aromatic heterocycles. The first-order valence-corrected chi connectivity index (χ1v) is 11.9. The van der Waals surface area contributed by atoms with Crippen LogP contribution in [0.1, 0.15) is 22.8 Å². The maximum atomic E-state index is 13.9. The van der Waals surface area contributed by atoms with Gasteiger partial charge in [0.25, 0.3) is 5.91 Å². The molecular weight excluding hydrogens is 422 g/mol. The number of fused-ring (bicyclic) bond motifs is 1. The Morgan fingerprint density at radius 1 is 0.882 bits per heavy atom. The molecule has 0 aliphatic carbocycles. The highest BCUT2D eigenvalue weighted by Crippen LogP contribution is 2.32. The molecule has 5 heteroatoms. The number of para-hydroxylation sites is 3. The fraction of sp³-hybridized carbons (Fsp3) is 0.241. The maximum Gasteiger partial charge on any atom is 0.255 e. The molecule has 2 heterocycles. The summed E-state index contributed by atoms with van der Waals surface area (Å²) in [6, 6.07) is 26.2. The Morgan fingerprint density at radius 2 is 1.56 bits per heavy atom. The van der Waals surface area contributed by atoms with Gasteiger partial charge in [-0.1, -0.05) is 60.7 Å². The van der Waals surface area contributed by atoms with E-state index in [2.05, 4.69) is 11.0 Å². The number of hydrogen-bond donors (Lipinski definition) is 0. The van der Waals surface area contributed by atoms with Crippen LogP contribution in [0.5, 0.6) is 5.75 Å². The minimum atomic E-state index is 0.0750. The first-order chi connectivity index (χ1) is 16.7. The third kappa shape index (κ3) is 4.10. The van der Waals surface area contributed by atoms with Gasteiger partial charge in [-0.3, -0.25) is 4.79 Å². The number of nitrogens with zero attached hydrogens (tertiary/aromatic N) is 3. The molecule has 0 unspecified atom stereocenters. The van der Waals surface area contributed by atoms with Crippen molar-refractivity contribution < 1.29 is 9.53 Å². The Kier molecular flexibility index (Phi) is 6.17. The zero-order valence-corrected chi connectivity index (χ0v) is 19.7. The standard InChI is InChI=1S/C29H29N3O2/c1-3-34-26-16-10-9-15-25(26)31-17-19-32(20-18-31)29(33)27-21(2)28(22-11-5-4-6-12-22)30-24-14-8-7-13-23(24)27/h4-16H,3,17-20H2,1-2H3. The van der Waals surface area contributed by atoms with Crippen LogP contribution in [-0.4, -0.2) is 48.6 Å². The summed E-state index contributed by atoms with van der Waals surface area (Å²) in [5, 5.41) is 0.911. The molecule has 0 saturated carbocycles. The van der Waals surface area contributed by atoms with Crippen LogP contribution in [0.25, 0.3) is 22.2 Å². The molecule has 4 aromatic rings. The van der Waals surface area contributed by atoms with E-state index in [1.54, 1.807) is 0 Å². The molecule has 1 saturated heterocycles. The van der Waals surface area contributed by atoms with Gasteiger partial charge in [-0.2, -0.15) is 0 Å². The molecule has 0 bridgehead atoms. The summed E-state index contributed by atoms with van der Waals surface area (Å²) < 4.78 is 5.82. The predicted octanol–water partition coefficient (Wildman–Crippen LogP) is 5.57. The van der Waals surface area contributed by atoms with Crippen LogP contribution < -0.4 is 9.64 Å². The van der Waals surface area contributed by atoms with Gasteiger partial charge in [-0.15, -0.1) is 0 Å². The summed E-state index contributed by atoms with van der Waals surface area (Å²) in [7, 11) is 0. The molecule has 0 radical (unpaired) electrons. The molecule has 34 heavy (non-hydrogen) atoms. The molecule has 5 rings (SSSR count). The van der Waals surface area contributed by atoms with E-state index in [0.29, 0.717) is 19.7 Å². The van der Waals surface area contributed by atoms with Gasteiger partial charge >= 0.3 is 0 Å². The number of rotatable bonds is 5. The third-order valence-electron chi connectivity index (χ3n) is 6.47. The van der Waals surface area contributed by atoms with Gasteiger partial charge in [-0.05, 0) is 37.6 Å². The number of carbonyl (C=O) groups is 1. The minimum absolute atomic E-state index is 0.0750. The Labute approximate surface area is 200 Å². The Balaban J connectivity index is 1.45. The van der Waals surface area contributed by atoms with Crippen molar-refractivity contribution in [1.82, 2.24) is 9.88 Å². The highest BCUT2D eigenvalue weighted by molar-refractivity contribution is 6.09. The van der Waals surface area contributed by atoms with Crippen LogP contribution in [0, 0.1) is 6.92 Å². The lowest BCUT2D eigenvalue weighted by molar-refractivity contribution is 0.0748. The average molecular weight is 452 g/mol. The molecule has 0 N–H and O–H groups in total. The van der Waals surface area contributed by atoms with Crippen LogP contribution >= 0.6 is 0 Å². The lowest BCUT2D eigenvalue weighted by Gasteiger charge is -2.37. The van der Waals surface area contributed by atoms with E-state index in [4.69, 9.17) is 9.72 Å². The summed E-state index contributed by atoms with van der Waals surface area (Å²) in [6.07, 6.45) is 0. The van der Waals surface area contributed by atoms with Crippen molar-refractivity contribution in [2.45, 2.75) is 13.8 Å². The van der Waals surface area contributed by atoms with E-state index in [1.807, 2.05) is 91.5 Å². The van der Waals surface area contributed by atoms with Crippen molar-refractivity contribution in [2.24, 2.45) is 0 Å². The first-order valence-electron chi connectivity index (χ1n) is 11.9. The topological polar surface area (TPSA) is 45.7 Å². The van der Waals surface area contributed by atoms with Crippen LogP contribution in [0.3, 0.4) is 0 Å². The molecule has 172 valence electrons. The van der Waals surface area contributed by atoms with Gasteiger partial charge in [0, 0.05) is 37.1 Å². The van der Waals surface area contributed by atoms with Gasteiger partial charge in [0.15, 0.2) is 0 Å². The maximum absolute atomic E-state index is 13.9. The lowest BCUT2D eigenvalue weighted by atomic mass is 9.96. The molecule has 0 atom stereocenters. The number of aromatic nitrogens is 1. The van der Waals surface area contributed by atoms with E-state index >= 15 is 0 Å². The Hall–Kier alpha value is -3.86. The van der Waals surface area contributed by atoms with Crippen LogP contribution in [0.15, 0.2) is 78.9 Å². The third-order valence-corrected chi connectivity index (χ3v) is 6.47. The summed E-state index contributed by atoms with van der Waals surface area (Å²) in [5.41, 5.74) is 5.52. The molecule has 1 fully saturated rings. The van der Waals surface area contributed by atoms with Gasteiger partial charge in [-0.25, -0.2) is 4.98 Å². The van der Waals surface area contributed by atoms with Crippen molar-refractivity contribution in [2.75, 3.05) is 37.7 Å². The number of benzene rings is 3. The number of amides is 1. The fourth-order valence-electron chi connectivity index (χ4n) is 4.76. The minimum Gasteiger partial charge on any atom is -0.492 e. The Bertz CT molecular complexity index is 1310. The van der Waals surface area contributed by atoms with E-state index < -0.39 is 0 Å². The lowest BCUT2D eigenvalue weighted by Crippen LogP contribution is -2.49. The number of hydrogen-bond acceptors (Lipinski definition) is 4. The second-order valence-electron chi connectivity index (χ2n) is 8.52. The number of ether oxygens (including phenoxy) is 1. The second-order valence-corrected chi connectivity index (χ2v) is 8.52. The summed E-state index contributed by atoms with van der Waals surface area (Å²) in [6.45, 7) is 7.51. The van der Waals surface area contributed by atoms with Crippen molar-refractivity contribution in [3.63, 3.8) is 0 Å². The second kappa shape index (κ2) is 9.56. The van der Waals surface area contributed by atoms with Crippen LogP contribution in [-0.2, 0) is 0 Å². The van der Waals surface area contributed by atoms with Gasteiger partial charge in [0.05, 0.1) is 29.1 Å². The molecular formula is C29H29N3O2. The summed E-state index contributed by atoms with van der Waals surface area (Å²) >= 11 is 0. The normalized spacial score (nSPS) is 13.8. The molecule has 1 amide bonds. The highest BCUT2D eigenvalue weighted by Gasteiger charge is 2.27. The summed E-state index contributed by atoms with van der Waals surface area (Å²) in [5.74, 6) is 0.972. The van der Waals surface area contributed by atoms with Crippen molar-refractivity contribution in [3.8, 4) is 17.0 Å². The molecule has 0 spiro atoms. The quantitative estimate of drug-likeness (QED) is 0.398. The molecule has 1 aliphatic heterocycles. The first kappa shape index (κ1) is 22.0. The number of pyridine rings is 1. The highest BCUT2D eigenvalue weighted by atomic mass is 16.5. The Morgan fingerprint density at radius 3 is 2.32 bits per heavy atom. The van der Waals surface area contributed by atoms with Gasteiger partial charge in [0.2, 0.25) is 0 Å². The van der Waals surface area contributed by atoms with E-state index in [1.165, 1.54) is 0 Å². The summed E-state index contributed by atoms with van der Waals surface area (Å²) in [4.78, 5) is 23.1. The van der Waals surface area contributed by atoms with E-state index in [0.717, 1.165) is 57.8 Å². The molecule has 5 nitrogen and oxygen atoms in total. The monoisotopic (exact) mass is 451 g/mol. The molecule has 1 aliphatic rings. The number of carbonyl (C=O) groups excluding carboxylic acids is 1. The van der Waals surface area contributed by atoms with E-state index in [9.17, 15) is 4.79 Å². The van der Waals surface area contributed by atoms with Gasteiger partial charge in [0.1, 0.15) is 5.75 Å².